The third-order valence-electron chi connectivity index (χ3n) is 3.73. The number of benzene rings is 2. The van der Waals surface area contributed by atoms with Gasteiger partial charge in [0.1, 0.15) is 5.75 Å². The fourth-order valence-corrected chi connectivity index (χ4v) is 2.45. The number of non-ortho nitro benzene ring substituents is 1. The molecule has 2 aromatic rings. The molecule has 0 bridgehead atoms. The van der Waals surface area contributed by atoms with E-state index < -0.39 is 16.8 Å². The van der Waals surface area contributed by atoms with Gasteiger partial charge in [0, 0.05) is 23.4 Å². The van der Waals surface area contributed by atoms with E-state index >= 15 is 0 Å². The average molecular weight is 398 g/mol. The van der Waals surface area contributed by atoms with Gasteiger partial charge in [0.05, 0.1) is 16.6 Å². The molecule has 8 heteroatoms. The minimum atomic E-state index is -0.496. The highest BCUT2D eigenvalue weighted by molar-refractivity contribution is 5.93. The Morgan fingerprint density at radius 2 is 1.90 bits per heavy atom. The number of rotatable bonds is 9. The maximum atomic E-state index is 12.1. The Kier molecular flexibility index (Phi) is 7.47. The van der Waals surface area contributed by atoms with Crippen molar-refractivity contribution >= 4 is 23.3 Å². The van der Waals surface area contributed by atoms with Crippen molar-refractivity contribution in [3.63, 3.8) is 0 Å². The van der Waals surface area contributed by atoms with Crippen LogP contribution < -0.4 is 10.1 Å². The molecular weight excluding hydrogens is 376 g/mol. The summed E-state index contributed by atoms with van der Waals surface area (Å²) in [4.78, 5) is 34.4. The second-order valence-electron chi connectivity index (χ2n) is 6.41. The third kappa shape index (κ3) is 6.46. The van der Waals surface area contributed by atoms with Gasteiger partial charge in [-0.25, -0.2) is 4.79 Å². The first-order chi connectivity index (χ1) is 13.8. The third-order valence-corrected chi connectivity index (χ3v) is 3.73. The summed E-state index contributed by atoms with van der Waals surface area (Å²) in [5, 5.41) is 13.6. The molecule has 0 saturated heterocycles. The lowest BCUT2D eigenvalue weighted by molar-refractivity contribution is -0.384. The van der Waals surface area contributed by atoms with E-state index in [2.05, 4.69) is 11.9 Å². The SMILES string of the molecule is C=CCc1cc([N+](=O)[O-])ccc1OCC(=O)Nc1ccc(C(=O)OC(C)C)cc1. The predicted molar refractivity (Wildman–Crippen MR) is 108 cm³/mol. The van der Waals surface area contributed by atoms with Crippen molar-refractivity contribution in [3.05, 3.63) is 76.4 Å². The van der Waals surface area contributed by atoms with Crippen molar-refractivity contribution in [1.82, 2.24) is 0 Å². The number of ether oxygens (including phenoxy) is 2. The summed E-state index contributed by atoms with van der Waals surface area (Å²) in [6.07, 6.45) is 1.74. The Bertz CT molecular complexity index is 906. The molecule has 0 atom stereocenters. The zero-order valence-electron chi connectivity index (χ0n) is 16.2. The molecule has 152 valence electrons. The molecule has 2 rings (SSSR count). The smallest absolute Gasteiger partial charge is 0.338 e. The maximum absolute atomic E-state index is 12.1. The zero-order chi connectivity index (χ0) is 21.4. The van der Waals surface area contributed by atoms with Crippen LogP contribution in [0.5, 0.6) is 5.75 Å². The minimum Gasteiger partial charge on any atom is -0.483 e. The molecule has 1 amide bonds. The highest BCUT2D eigenvalue weighted by Crippen LogP contribution is 2.25. The number of allylic oxidation sites excluding steroid dienone is 1. The number of esters is 1. The molecule has 0 aliphatic carbocycles. The first-order valence-corrected chi connectivity index (χ1v) is 8.92. The molecule has 0 fully saturated rings. The Morgan fingerprint density at radius 1 is 1.21 bits per heavy atom. The Labute approximate surface area is 168 Å². The van der Waals surface area contributed by atoms with Crippen LogP contribution in [0, 0.1) is 10.1 Å². The molecule has 8 nitrogen and oxygen atoms in total. The fraction of sp³-hybridized carbons (Fsp3) is 0.238. The van der Waals surface area contributed by atoms with E-state index in [1.54, 1.807) is 44.2 Å². The van der Waals surface area contributed by atoms with Crippen molar-refractivity contribution in [1.29, 1.82) is 0 Å². The molecule has 0 heterocycles. The van der Waals surface area contributed by atoms with E-state index in [1.807, 2.05) is 0 Å². The Hall–Kier alpha value is -3.68. The zero-order valence-corrected chi connectivity index (χ0v) is 16.2. The molecule has 0 aromatic heterocycles. The number of nitrogens with one attached hydrogen (secondary N) is 1. The number of hydrogen-bond donors (Lipinski definition) is 1. The number of anilines is 1. The van der Waals surface area contributed by atoms with Gasteiger partial charge in [0.25, 0.3) is 11.6 Å². The maximum Gasteiger partial charge on any atom is 0.338 e. The average Bonchev–Trinajstić information content (AvgIpc) is 2.67. The first kappa shape index (κ1) is 21.6. The predicted octanol–water partition coefficient (Wildman–Crippen LogP) is 3.91. The van der Waals surface area contributed by atoms with E-state index in [9.17, 15) is 19.7 Å². The van der Waals surface area contributed by atoms with Crippen molar-refractivity contribution < 1.29 is 24.0 Å². The summed E-state index contributed by atoms with van der Waals surface area (Å²) >= 11 is 0. The van der Waals surface area contributed by atoms with Crippen molar-refractivity contribution in [3.8, 4) is 5.75 Å². The number of nitro benzene ring substituents is 1. The van der Waals surface area contributed by atoms with Crippen LogP contribution in [0.4, 0.5) is 11.4 Å². The fourth-order valence-electron chi connectivity index (χ4n) is 2.45. The highest BCUT2D eigenvalue weighted by atomic mass is 16.6. The van der Waals surface area contributed by atoms with Crippen LogP contribution in [0.15, 0.2) is 55.1 Å². The van der Waals surface area contributed by atoms with Gasteiger partial charge >= 0.3 is 5.97 Å². The van der Waals surface area contributed by atoms with Crippen LogP contribution >= 0.6 is 0 Å². The summed E-state index contributed by atoms with van der Waals surface area (Å²) in [5.74, 6) is -0.475. The monoisotopic (exact) mass is 398 g/mol. The second kappa shape index (κ2) is 10.0. The van der Waals surface area contributed by atoms with E-state index in [0.717, 1.165) is 0 Å². The lowest BCUT2D eigenvalue weighted by atomic mass is 10.1. The Balaban J connectivity index is 1.97. The van der Waals surface area contributed by atoms with Gasteiger partial charge < -0.3 is 14.8 Å². The van der Waals surface area contributed by atoms with E-state index in [0.29, 0.717) is 29.0 Å². The normalized spacial score (nSPS) is 10.3. The van der Waals surface area contributed by atoms with Gasteiger partial charge in [-0.05, 0) is 50.6 Å². The summed E-state index contributed by atoms with van der Waals surface area (Å²) < 4.78 is 10.6. The summed E-state index contributed by atoms with van der Waals surface area (Å²) in [6, 6.07) is 10.4. The number of carbonyl (C=O) groups excluding carboxylic acids is 2. The number of hydrogen-bond acceptors (Lipinski definition) is 6. The minimum absolute atomic E-state index is 0.0604. The topological polar surface area (TPSA) is 108 Å². The van der Waals surface area contributed by atoms with Crippen LogP contribution in [0.2, 0.25) is 0 Å². The molecule has 0 aliphatic rings. The van der Waals surface area contributed by atoms with E-state index in [1.165, 1.54) is 18.2 Å². The number of amides is 1. The van der Waals surface area contributed by atoms with Gasteiger partial charge in [-0.15, -0.1) is 6.58 Å². The number of nitro groups is 1. The van der Waals surface area contributed by atoms with Crippen LogP contribution in [0.3, 0.4) is 0 Å². The molecule has 0 radical (unpaired) electrons. The number of nitrogens with zero attached hydrogens (tertiary/aromatic N) is 1. The lowest BCUT2D eigenvalue weighted by Gasteiger charge is -2.11. The lowest BCUT2D eigenvalue weighted by Crippen LogP contribution is -2.20. The second-order valence-corrected chi connectivity index (χ2v) is 6.41. The summed E-state index contributed by atoms with van der Waals surface area (Å²) in [7, 11) is 0. The molecule has 1 N–H and O–H groups in total. The van der Waals surface area contributed by atoms with Crippen LogP contribution in [-0.4, -0.2) is 29.5 Å². The van der Waals surface area contributed by atoms with Crippen LogP contribution in [0.25, 0.3) is 0 Å². The molecular formula is C21H22N2O6. The van der Waals surface area contributed by atoms with Gasteiger partial charge in [-0.2, -0.15) is 0 Å². The first-order valence-electron chi connectivity index (χ1n) is 8.92. The van der Waals surface area contributed by atoms with E-state index in [-0.39, 0.29) is 18.4 Å². The summed E-state index contributed by atoms with van der Waals surface area (Å²) in [5.41, 5.74) is 1.38. The largest absolute Gasteiger partial charge is 0.483 e. The Morgan fingerprint density at radius 3 is 2.48 bits per heavy atom. The molecule has 2 aromatic carbocycles. The highest BCUT2D eigenvalue weighted by Gasteiger charge is 2.13. The number of carbonyl (C=O) groups is 2. The van der Waals surface area contributed by atoms with Gasteiger partial charge in [0.2, 0.25) is 0 Å². The summed E-state index contributed by atoms with van der Waals surface area (Å²) in [6.45, 7) is 6.87. The quantitative estimate of drug-likeness (QED) is 0.297. The van der Waals surface area contributed by atoms with Gasteiger partial charge in [0.15, 0.2) is 6.61 Å². The molecule has 29 heavy (non-hydrogen) atoms. The van der Waals surface area contributed by atoms with Crippen LogP contribution in [-0.2, 0) is 16.0 Å². The van der Waals surface area contributed by atoms with Gasteiger partial charge in [-0.1, -0.05) is 6.08 Å². The molecule has 0 spiro atoms. The van der Waals surface area contributed by atoms with Crippen molar-refractivity contribution in [2.24, 2.45) is 0 Å². The van der Waals surface area contributed by atoms with Crippen molar-refractivity contribution in [2.45, 2.75) is 26.4 Å². The standard InChI is InChI=1S/C21H22N2O6/c1-4-5-16-12-18(23(26)27)10-11-19(16)28-13-20(24)22-17-8-6-15(7-9-17)21(25)29-14(2)3/h4,6-12,14H,1,5,13H2,2-3H3,(H,22,24). The van der Waals surface area contributed by atoms with Gasteiger partial charge in [-0.3, -0.25) is 14.9 Å². The van der Waals surface area contributed by atoms with Crippen molar-refractivity contribution in [2.75, 3.05) is 11.9 Å². The van der Waals surface area contributed by atoms with E-state index in [4.69, 9.17) is 9.47 Å². The molecule has 0 unspecified atom stereocenters. The van der Waals surface area contributed by atoms with Crippen LogP contribution in [0.1, 0.15) is 29.8 Å². The molecule has 0 saturated carbocycles. The molecule has 0 aliphatic heterocycles.